The number of amides is 1. The molecule has 3 nitrogen and oxygen atoms in total. The van der Waals surface area contributed by atoms with Gasteiger partial charge in [0.1, 0.15) is 11.9 Å². The summed E-state index contributed by atoms with van der Waals surface area (Å²) in [6.07, 6.45) is 5.73. The maximum atomic E-state index is 13.2. The second-order valence-electron chi connectivity index (χ2n) is 5.01. The smallest absolute Gasteiger partial charge is 0.239 e. The van der Waals surface area contributed by atoms with Crippen LogP contribution >= 0.6 is 15.9 Å². The summed E-state index contributed by atoms with van der Waals surface area (Å²) in [5.74, 6) is -0.770. The molecule has 104 valence electrons. The van der Waals surface area contributed by atoms with Gasteiger partial charge < -0.3 is 5.73 Å². The molecule has 1 aliphatic carbocycles. The summed E-state index contributed by atoms with van der Waals surface area (Å²) in [4.78, 5) is 11.6. The monoisotopic (exact) mass is 328 g/mol. The summed E-state index contributed by atoms with van der Waals surface area (Å²) in [7, 11) is 0. The van der Waals surface area contributed by atoms with E-state index in [1.165, 1.54) is 25.3 Å². The summed E-state index contributed by atoms with van der Waals surface area (Å²) in [5, 5.41) is 3.30. The van der Waals surface area contributed by atoms with Gasteiger partial charge in [-0.2, -0.15) is 0 Å². The van der Waals surface area contributed by atoms with Crippen molar-refractivity contribution in [3.05, 3.63) is 34.1 Å². The van der Waals surface area contributed by atoms with Crippen molar-refractivity contribution in [2.45, 2.75) is 44.2 Å². The van der Waals surface area contributed by atoms with Gasteiger partial charge in [0.15, 0.2) is 0 Å². The number of carbonyl (C=O) groups is 1. The molecule has 0 saturated heterocycles. The minimum Gasteiger partial charge on any atom is -0.368 e. The molecule has 5 heteroatoms. The number of nitrogens with one attached hydrogen (secondary N) is 1. The van der Waals surface area contributed by atoms with Crippen LogP contribution in [0.3, 0.4) is 0 Å². The molecule has 19 heavy (non-hydrogen) atoms. The Kier molecular flexibility index (Phi) is 4.93. The van der Waals surface area contributed by atoms with Crippen LogP contribution in [-0.2, 0) is 4.79 Å². The molecule has 0 radical (unpaired) electrons. The number of carbonyl (C=O) groups excluding carboxylic acids is 1. The number of nitrogens with two attached hydrogens (primary N) is 1. The fourth-order valence-electron chi connectivity index (χ4n) is 2.54. The van der Waals surface area contributed by atoms with Crippen LogP contribution in [-0.4, -0.2) is 11.9 Å². The highest BCUT2D eigenvalue weighted by Gasteiger charge is 2.23. The first-order valence-electron chi connectivity index (χ1n) is 6.58. The Morgan fingerprint density at radius 1 is 1.37 bits per heavy atom. The third-order valence-electron chi connectivity index (χ3n) is 3.57. The molecule has 1 aromatic carbocycles. The molecule has 2 rings (SSSR count). The summed E-state index contributed by atoms with van der Waals surface area (Å²) in [5.41, 5.74) is 6.16. The Morgan fingerprint density at radius 3 is 2.63 bits per heavy atom. The normalized spacial score (nSPS) is 18.2. The molecule has 1 aliphatic rings. The second-order valence-corrected chi connectivity index (χ2v) is 5.86. The maximum Gasteiger partial charge on any atom is 0.239 e. The van der Waals surface area contributed by atoms with E-state index >= 15 is 0 Å². The van der Waals surface area contributed by atoms with Gasteiger partial charge in [-0.05, 0) is 46.5 Å². The van der Waals surface area contributed by atoms with Crippen LogP contribution in [0.25, 0.3) is 0 Å². The molecule has 0 aromatic heterocycles. The Morgan fingerprint density at radius 2 is 2.05 bits per heavy atom. The Balaban J connectivity index is 2.14. The highest BCUT2D eigenvalue weighted by Crippen LogP contribution is 2.24. The van der Waals surface area contributed by atoms with Crippen molar-refractivity contribution < 1.29 is 9.18 Å². The predicted molar refractivity (Wildman–Crippen MR) is 76.0 cm³/mol. The third-order valence-corrected chi connectivity index (χ3v) is 4.18. The van der Waals surface area contributed by atoms with Crippen molar-refractivity contribution in [3.63, 3.8) is 0 Å². The van der Waals surface area contributed by atoms with E-state index in [1.54, 1.807) is 12.1 Å². The predicted octanol–water partition coefficient (Wildman–Crippen LogP) is 3.04. The number of primary amides is 1. The zero-order valence-corrected chi connectivity index (χ0v) is 12.2. The zero-order valence-electron chi connectivity index (χ0n) is 10.7. The fraction of sp³-hybridized carbons (Fsp3) is 0.500. The number of halogens is 2. The summed E-state index contributed by atoms with van der Waals surface area (Å²) in [6, 6.07) is 4.32. The van der Waals surface area contributed by atoms with Crippen LogP contribution in [0.1, 0.15) is 43.7 Å². The van der Waals surface area contributed by atoms with Crippen molar-refractivity contribution in [1.82, 2.24) is 5.32 Å². The van der Waals surface area contributed by atoms with Crippen molar-refractivity contribution in [2.75, 3.05) is 0 Å². The summed E-state index contributed by atoms with van der Waals surface area (Å²) >= 11 is 3.13. The van der Waals surface area contributed by atoms with Gasteiger partial charge >= 0.3 is 0 Å². The van der Waals surface area contributed by atoms with Gasteiger partial charge in [-0.25, -0.2) is 4.39 Å². The topological polar surface area (TPSA) is 55.1 Å². The molecule has 3 N–H and O–H groups in total. The van der Waals surface area contributed by atoms with Gasteiger partial charge in [-0.3, -0.25) is 10.1 Å². The molecule has 1 unspecified atom stereocenters. The number of hydrogen-bond acceptors (Lipinski definition) is 2. The standard InChI is InChI=1S/C14H18BrFN2O/c15-11-8-9(6-7-12(11)16)13(14(17)19)18-10-4-2-1-3-5-10/h6-8,10,13,18H,1-5H2,(H2,17,19). The quantitative estimate of drug-likeness (QED) is 0.892. The molecule has 1 amide bonds. The van der Waals surface area contributed by atoms with E-state index < -0.39 is 11.9 Å². The summed E-state index contributed by atoms with van der Waals surface area (Å²) < 4.78 is 13.6. The lowest BCUT2D eigenvalue weighted by Gasteiger charge is -2.27. The zero-order chi connectivity index (χ0) is 13.8. The fourth-order valence-corrected chi connectivity index (χ4v) is 2.94. The number of rotatable bonds is 4. The van der Waals surface area contributed by atoms with Crippen LogP contribution in [0, 0.1) is 5.82 Å². The highest BCUT2D eigenvalue weighted by molar-refractivity contribution is 9.10. The van der Waals surface area contributed by atoms with Gasteiger partial charge in [0.25, 0.3) is 0 Å². The van der Waals surface area contributed by atoms with E-state index in [-0.39, 0.29) is 5.82 Å². The Labute approximate surface area is 120 Å². The highest BCUT2D eigenvalue weighted by atomic mass is 79.9. The lowest BCUT2D eigenvalue weighted by atomic mass is 9.94. The minimum absolute atomic E-state index is 0.315. The van der Waals surface area contributed by atoms with Gasteiger partial charge in [0.05, 0.1) is 4.47 Å². The largest absolute Gasteiger partial charge is 0.368 e. The minimum atomic E-state index is -0.556. The molecule has 0 bridgehead atoms. The van der Waals surface area contributed by atoms with Crippen LogP contribution in [0.2, 0.25) is 0 Å². The van der Waals surface area contributed by atoms with Crippen molar-refractivity contribution in [2.24, 2.45) is 5.73 Å². The molecule has 1 fully saturated rings. The molecule has 1 aromatic rings. The van der Waals surface area contributed by atoms with Gasteiger partial charge in [0, 0.05) is 6.04 Å². The lowest BCUT2D eigenvalue weighted by Crippen LogP contribution is -2.41. The number of benzene rings is 1. The first-order valence-corrected chi connectivity index (χ1v) is 7.37. The average molecular weight is 329 g/mol. The van der Waals surface area contributed by atoms with Crippen molar-refractivity contribution in [1.29, 1.82) is 0 Å². The van der Waals surface area contributed by atoms with E-state index in [2.05, 4.69) is 21.2 Å². The molecule has 0 spiro atoms. The molecule has 1 atom stereocenters. The Bertz CT molecular complexity index is 461. The Hall–Kier alpha value is -0.940. The second kappa shape index (κ2) is 6.48. The molecule has 0 aliphatic heterocycles. The summed E-state index contributed by atoms with van der Waals surface area (Å²) in [6.45, 7) is 0. The molecule has 1 saturated carbocycles. The first-order chi connectivity index (χ1) is 9.08. The van der Waals surface area contributed by atoms with Crippen LogP contribution in [0.4, 0.5) is 4.39 Å². The molecular formula is C14H18BrFN2O. The van der Waals surface area contributed by atoms with Crippen LogP contribution in [0.15, 0.2) is 22.7 Å². The van der Waals surface area contributed by atoms with Gasteiger partial charge in [0.2, 0.25) is 5.91 Å². The van der Waals surface area contributed by atoms with Crippen molar-refractivity contribution in [3.8, 4) is 0 Å². The van der Waals surface area contributed by atoms with E-state index in [0.29, 0.717) is 16.1 Å². The third kappa shape index (κ3) is 3.76. The van der Waals surface area contributed by atoms with E-state index in [9.17, 15) is 9.18 Å². The maximum absolute atomic E-state index is 13.2. The van der Waals surface area contributed by atoms with Crippen LogP contribution < -0.4 is 11.1 Å². The SMILES string of the molecule is NC(=O)C(NC1CCCCC1)c1ccc(F)c(Br)c1. The average Bonchev–Trinajstić information content (AvgIpc) is 2.40. The van der Waals surface area contributed by atoms with Crippen molar-refractivity contribution >= 4 is 21.8 Å². The van der Waals surface area contributed by atoms with Crippen LogP contribution in [0.5, 0.6) is 0 Å². The van der Waals surface area contributed by atoms with E-state index in [4.69, 9.17) is 5.73 Å². The lowest BCUT2D eigenvalue weighted by molar-refractivity contribution is -0.120. The first kappa shape index (κ1) is 14.5. The van der Waals surface area contributed by atoms with Gasteiger partial charge in [-0.15, -0.1) is 0 Å². The van der Waals surface area contributed by atoms with E-state index in [0.717, 1.165) is 12.8 Å². The van der Waals surface area contributed by atoms with E-state index in [1.807, 2.05) is 0 Å². The molecule has 0 heterocycles. The number of hydrogen-bond donors (Lipinski definition) is 2. The van der Waals surface area contributed by atoms with Gasteiger partial charge in [-0.1, -0.05) is 25.3 Å². The molecular weight excluding hydrogens is 311 g/mol.